The van der Waals surface area contributed by atoms with Gasteiger partial charge in [0.15, 0.2) is 0 Å². The van der Waals surface area contributed by atoms with Crippen molar-refractivity contribution in [1.82, 2.24) is 4.90 Å². The Bertz CT molecular complexity index is 1330. The summed E-state index contributed by atoms with van der Waals surface area (Å²) in [6, 6.07) is 21.8. The van der Waals surface area contributed by atoms with E-state index in [1.54, 1.807) is 37.3 Å². The van der Waals surface area contributed by atoms with Crippen LogP contribution >= 0.6 is 0 Å². The topological polar surface area (TPSA) is 86.8 Å². The van der Waals surface area contributed by atoms with Crippen molar-refractivity contribution >= 4 is 33.2 Å². The van der Waals surface area contributed by atoms with Crippen molar-refractivity contribution in [2.24, 2.45) is 0 Å². The molecule has 182 valence electrons. The van der Waals surface area contributed by atoms with Gasteiger partial charge in [0, 0.05) is 24.3 Å². The molecule has 8 heteroatoms. The Kier molecular flexibility index (Phi) is 7.21. The van der Waals surface area contributed by atoms with Crippen LogP contribution in [0.1, 0.15) is 36.2 Å². The summed E-state index contributed by atoms with van der Waals surface area (Å²) in [7, 11) is -3.84. The summed E-state index contributed by atoms with van der Waals surface area (Å²) < 4.78 is 28.3. The molecule has 0 fully saturated rings. The average Bonchev–Trinajstić information content (AvgIpc) is 3.32. The van der Waals surface area contributed by atoms with E-state index in [1.165, 1.54) is 21.3 Å². The van der Waals surface area contributed by atoms with Crippen LogP contribution in [0.4, 0.5) is 11.4 Å². The Labute approximate surface area is 206 Å². The molecule has 0 saturated heterocycles. The highest BCUT2D eigenvalue weighted by atomic mass is 32.2. The van der Waals surface area contributed by atoms with Gasteiger partial charge in [0.1, 0.15) is 6.04 Å². The lowest BCUT2D eigenvalue weighted by molar-refractivity contribution is -0.120. The highest BCUT2D eigenvalue weighted by Gasteiger charge is 2.32. The first-order valence-corrected chi connectivity index (χ1v) is 13.1. The number of carbonyl (C=O) groups excluding carboxylic acids is 2. The van der Waals surface area contributed by atoms with Crippen molar-refractivity contribution in [3.05, 3.63) is 90.0 Å². The first-order chi connectivity index (χ1) is 16.8. The number of anilines is 2. The van der Waals surface area contributed by atoms with Gasteiger partial charge in [0.25, 0.3) is 15.9 Å². The molecule has 1 N–H and O–H groups in total. The molecule has 3 aromatic carbocycles. The number of benzene rings is 3. The Morgan fingerprint density at radius 3 is 2.46 bits per heavy atom. The van der Waals surface area contributed by atoms with E-state index in [0.717, 1.165) is 5.56 Å². The second kappa shape index (κ2) is 10.3. The molecule has 35 heavy (non-hydrogen) atoms. The van der Waals surface area contributed by atoms with Crippen LogP contribution < -0.4 is 9.62 Å². The number of fused-ring (bicyclic) bond motifs is 1. The summed E-state index contributed by atoms with van der Waals surface area (Å²) >= 11 is 0. The van der Waals surface area contributed by atoms with E-state index < -0.39 is 16.1 Å². The third-order valence-electron chi connectivity index (χ3n) is 6.13. The fourth-order valence-corrected chi connectivity index (χ4v) is 5.81. The summed E-state index contributed by atoms with van der Waals surface area (Å²) in [4.78, 5) is 27.9. The van der Waals surface area contributed by atoms with Crippen molar-refractivity contribution in [3.63, 3.8) is 0 Å². The number of hydrogen-bond donors (Lipinski definition) is 1. The maximum atomic E-state index is 13.5. The van der Waals surface area contributed by atoms with Gasteiger partial charge in [-0.15, -0.1) is 0 Å². The van der Waals surface area contributed by atoms with E-state index in [4.69, 9.17) is 0 Å². The average molecular weight is 492 g/mol. The van der Waals surface area contributed by atoms with Gasteiger partial charge < -0.3 is 10.2 Å². The monoisotopic (exact) mass is 491 g/mol. The molecular formula is C27H29N3O4S. The molecule has 1 heterocycles. The lowest BCUT2D eigenvalue weighted by Crippen LogP contribution is -2.46. The second-order valence-corrected chi connectivity index (χ2v) is 10.4. The second-order valence-electron chi connectivity index (χ2n) is 8.51. The number of nitrogens with one attached hydrogen (secondary N) is 1. The zero-order chi connectivity index (χ0) is 25.0. The lowest BCUT2D eigenvalue weighted by atomic mass is 10.1. The molecule has 0 spiro atoms. The third-order valence-corrected chi connectivity index (χ3v) is 7.94. The van der Waals surface area contributed by atoms with E-state index in [1.807, 2.05) is 43.3 Å². The molecule has 3 aromatic rings. The van der Waals surface area contributed by atoms with Crippen LogP contribution in [0, 0.1) is 0 Å². The minimum atomic E-state index is -3.84. The van der Waals surface area contributed by atoms with Crippen molar-refractivity contribution in [2.45, 2.75) is 37.6 Å². The van der Waals surface area contributed by atoms with Crippen molar-refractivity contribution in [2.75, 3.05) is 22.7 Å². The third kappa shape index (κ3) is 5.07. The van der Waals surface area contributed by atoms with Crippen LogP contribution in [0.3, 0.4) is 0 Å². The molecule has 1 aliphatic rings. The smallest absolute Gasteiger partial charge is 0.264 e. The molecule has 0 saturated carbocycles. The molecule has 1 atom stereocenters. The van der Waals surface area contributed by atoms with Crippen molar-refractivity contribution in [3.8, 4) is 0 Å². The summed E-state index contributed by atoms with van der Waals surface area (Å²) in [5.74, 6) is -0.697. The van der Waals surface area contributed by atoms with Gasteiger partial charge in [-0.2, -0.15) is 0 Å². The molecule has 0 bridgehead atoms. The Balaban J connectivity index is 1.58. The molecule has 2 amide bonds. The molecular weight excluding hydrogens is 462 g/mol. The number of nitrogens with zero attached hydrogens (tertiary/aromatic N) is 2. The van der Waals surface area contributed by atoms with Crippen molar-refractivity contribution in [1.29, 1.82) is 0 Å². The molecule has 4 rings (SSSR count). The van der Waals surface area contributed by atoms with Crippen LogP contribution in [0.15, 0.2) is 83.8 Å². The molecule has 7 nitrogen and oxygen atoms in total. The van der Waals surface area contributed by atoms with Gasteiger partial charge in [0.05, 0.1) is 10.6 Å². The van der Waals surface area contributed by atoms with Crippen LogP contribution in [0.5, 0.6) is 0 Å². The van der Waals surface area contributed by atoms with Gasteiger partial charge in [-0.05, 0) is 61.7 Å². The molecule has 1 aliphatic heterocycles. The zero-order valence-corrected chi connectivity index (χ0v) is 20.7. The van der Waals surface area contributed by atoms with Crippen LogP contribution in [-0.2, 0) is 21.2 Å². The van der Waals surface area contributed by atoms with Crippen LogP contribution in [0.2, 0.25) is 0 Å². The van der Waals surface area contributed by atoms with Crippen molar-refractivity contribution < 1.29 is 18.0 Å². The number of amides is 2. The van der Waals surface area contributed by atoms with Gasteiger partial charge in [-0.1, -0.05) is 49.4 Å². The number of rotatable bonds is 8. The maximum Gasteiger partial charge on any atom is 0.264 e. The standard InChI is InChI=1S/C27H29N3O4S/c1-3-17-29(20(2)26(31)28-23-12-5-4-6-13-23)27(32)22-11-9-14-24(19-22)35(33,34)30-18-16-21-10-7-8-15-25(21)30/h4-15,19-20H,3,16-18H2,1-2H3,(H,28,31). The number of hydrogen-bond acceptors (Lipinski definition) is 4. The zero-order valence-electron chi connectivity index (χ0n) is 19.8. The fraction of sp³-hybridized carbons (Fsp3) is 0.259. The van der Waals surface area contributed by atoms with Gasteiger partial charge in [-0.3, -0.25) is 13.9 Å². The highest BCUT2D eigenvalue weighted by molar-refractivity contribution is 7.92. The van der Waals surface area contributed by atoms with E-state index in [0.29, 0.717) is 37.3 Å². The predicted octanol–water partition coefficient (Wildman–Crippen LogP) is 4.32. The largest absolute Gasteiger partial charge is 0.327 e. The Morgan fingerprint density at radius 2 is 1.71 bits per heavy atom. The predicted molar refractivity (Wildman–Crippen MR) is 137 cm³/mol. The molecule has 0 aliphatic carbocycles. The van der Waals surface area contributed by atoms with Gasteiger partial charge >= 0.3 is 0 Å². The summed E-state index contributed by atoms with van der Waals surface area (Å²) in [5.41, 5.74) is 2.53. The Hall–Kier alpha value is -3.65. The Morgan fingerprint density at radius 1 is 1.00 bits per heavy atom. The first-order valence-electron chi connectivity index (χ1n) is 11.7. The first kappa shape index (κ1) is 24.5. The fourth-order valence-electron chi connectivity index (χ4n) is 4.26. The van der Waals surface area contributed by atoms with Gasteiger partial charge in [-0.25, -0.2) is 8.42 Å². The van der Waals surface area contributed by atoms with Crippen LogP contribution in [-0.4, -0.2) is 44.3 Å². The normalized spacial score (nSPS) is 13.7. The molecule has 1 unspecified atom stereocenters. The molecule has 0 aromatic heterocycles. The maximum absolute atomic E-state index is 13.5. The summed E-state index contributed by atoms with van der Waals surface area (Å²) in [6.45, 7) is 4.32. The summed E-state index contributed by atoms with van der Waals surface area (Å²) in [6.07, 6.45) is 1.30. The van der Waals surface area contributed by atoms with Gasteiger partial charge in [0.2, 0.25) is 5.91 Å². The SMILES string of the molecule is CCCN(C(=O)c1cccc(S(=O)(=O)N2CCc3ccccc32)c1)C(C)C(=O)Nc1ccccc1. The summed E-state index contributed by atoms with van der Waals surface area (Å²) in [5, 5.41) is 2.83. The van der Waals surface area contributed by atoms with E-state index >= 15 is 0 Å². The minimum Gasteiger partial charge on any atom is -0.327 e. The number of carbonyl (C=O) groups is 2. The van der Waals surface area contributed by atoms with E-state index in [2.05, 4.69) is 5.32 Å². The highest BCUT2D eigenvalue weighted by Crippen LogP contribution is 2.33. The quantitative estimate of drug-likeness (QED) is 0.509. The van der Waals surface area contributed by atoms with Crippen LogP contribution in [0.25, 0.3) is 0 Å². The van der Waals surface area contributed by atoms with E-state index in [9.17, 15) is 18.0 Å². The molecule has 0 radical (unpaired) electrons. The van der Waals surface area contributed by atoms with E-state index in [-0.39, 0.29) is 22.3 Å². The minimum absolute atomic E-state index is 0.0536. The number of para-hydroxylation sites is 2. The lowest BCUT2D eigenvalue weighted by Gasteiger charge is -2.28. The number of sulfonamides is 1.